The second-order valence-corrected chi connectivity index (χ2v) is 2.70. The smallest absolute Gasteiger partial charge is 0.382 e. The summed E-state index contributed by atoms with van der Waals surface area (Å²) in [4.78, 5) is 10.1. The summed E-state index contributed by atoms with van der Waals surface area (Å²) in [6, 6.07) is 4.71. The number of anilines is 1. The Morgan fingerprint density at radius 2 is 2.23 bits per heavy atom. The average Bonchev–Trinajstić information content (AvgIpc) is 2.07. The van der Waals surface area contributed by atoms with Crippen LogP contribution in [0.5, 0.6) is 0 Å². The zero-order valence-corrected chi connectivity index (χ0v) is 7.30. The molecule has 0 aromatic heterocycles. The van der Waals surface area contributed by atoms with E-state index in [1.807, 2.05) is 5.92 Å². The lowest BCUT2D eigenvalue weighted by Gasteiger charge is -1.96. The minimum absolute atomic E-state index is 0.372. The van der Waals surface area contributed by atoms with Gasteiger partial charge in [0.1, 0.15) is 0 Å². The van der Waals surface area contributed by atoms with E-state index in [9.17, 15) is 4.79 Å². The Balaban J connectivity index is 3.00. The van der Waals surface area contributed by atoms with Crippen LogP contribution < -0.4 is 5.73 Å². The summed E-state index contributed by atoms with van der Waals surface area (Å²) in [5.74, 6) is 3.23. The second kappa shape index (κ2) is 3.83. The third kappa shape index (κ3) is 2.69. The van der Waals surface area contributed by atoms with Crippen LogP contribution in [0.2, 0.25) is 5.02 Å². The largest absolute Gasteiger partial charge is 0.472 e. The molecule has 0 saturated carbocycles. The minimum Gasteiger partial charge on any atom is -0.472 e. The molecule has 4 heteroatoms. The first-order chi connectivity index (χ1) is 6.09. The van der Waals surface area contributed by atoms with Gasteiger partial charge in [-0.15, -0.1) is 0 Å². The van der Waals surface area contributed by atoms with Crippen molar-refractivity contribution in [2.24, 2.45) is 0 Å². The highest BCUT2D eigenvalue weighted by atomic mass is 35.5. The maximum absolute atomic E-state index is 10.1. The lowest BCUT2D eigenvalue weighted by molar-refractivity contribution is -0.130. The highest BCUT2D eigenvalue weighted by Crippen LogP contribution is 2.18. The van der Waals surface area contributed by atoms with Crippen LogP contribution in [-0.2, 0) is 4.79 Å². The van der Waals surface area contributed by atoms with E-state index in [2.05, 4.69) is 5.92 Å². The van der Waals surface area contributed by atoms with E-state index in [-0.39, 0.29) is 0 Å². The Bertz CT molecular complexity index is 404. The summed E-state index contributed by atoms with van der Waals surface area (Å²) in [6.07, 6.45) is 0. The van der Waals surface area contributed by atoms with Crippen LogP contribution in [0.4, 0.5) is 5.69 Å². The van der Waals surface area contributed by atoms with Gasteiger partial charge in [0.25, 0.3) is 0 Å². The van der Waals surface area contributed by atoms with E-state index in [1.165, 1.54) is 6.07 Å². The van der Waals surface area contributed by atoms with Gasteiger partial charge >= 0.3 is 5.97 Å². The number of rotatable bonds is 0. The van der Waals surface area contributed by atoms with Crippen molar-refractivity contribution in [3.05, 3.63) is 28.8 Å². The predicted octanol–water partition coefficient (Wildman–Crippen LogP) is 1.36. The summed E-state index contributed by atoms with van der Waals surface area (Å²) < 4.78 is 0. The number of hydrogen-bond acceptors (Lipinski definition) is 2. The van der Waals surface area contributed by atoms with Crippen molar-refractivity contribution in [2.75, 3.05) is 5.73 Å². The van der Waals surface area contributed by atoms with Gasteiger partial charge in [-0.25, -0.2) is 4.79 Å². The zero-order valence-electron chi connectivity index (χ0n) is 6.54. The molecule has 0 atom stereocenters. The molecule has 0 aliphatic heterocycles. The standard InChI is InChI=1S/C9H6ClNO2/c10-7-5-6(1-3-8(7)11)2-4-9(12)13/h1,3,5H,11H2,(H,12,13). The molecule has 0 unspecified atom stereocenters. The van der Waals surface area contributed by atoms with E-state index in [0.29, 0.717) is 16.3 Å². The van der Waals surface area contributed by atoms with Gasteiger partial charge < -0.3 is 10.8 Å². The van der Waals surface area contributed by atoms with E-state index >= 15 is 0 Å². The van der Waals surface area contributed by atoms with E-state index in [4.69, 9.17) is 22.4 Å². The summed E-state index contributed by atoms with van der Waals surface area (Å²) in [5, 5.41) is 8.64. The van der Waals surface area contributed by atoms with Gasteiger partial charge in [-0.05, 0) is 18.2 Å². The van der Waals surface area contributed by atoms with Crippen LogP contribution in [-0.4, -0.2) is 11.1 Å². The quantitative estimate of drug-likeness (QED) is 0.485. The van der Waals surface area contributed by atoms with Crippen LogP contribution in [0, 0.1) is 11.8 Å². The average molecular weight is 196 g/mol. The number of carboxylic acids is 1. The van der Waals surface area contributed by atoms with Gasteiger partial charge in [-0.3, -0.25) is 0 Å². The molecule has 1 rings (SSSR count). The molecule has 3 nitrogen and oxygen atoms in total. The maximum Gasteiger partial charge on any atom is 0.382 e. The second-order valence-electron chi connectivity index (χ2n) is 2.29. The molecule has 0 aliphatic carbocycles. The fraction of sp³-hybridized carbons (Fsp3) is 0. The Hall–Kier alpha value is -1.66. The van der Waals surface area contributed by atoms with Crippen molar-refractivity contribution in [1.29, 1.82) is 0 Å². The maximum atomic E-state index is 10.1. The number of benzene rings is 1. The van der Waals surface area contributed by atoms with Gasteiger partial charge in [0.2, 0.25) is 0 Å². The molecule has 0 radical (unpaired) electrons. The van der Waals surface area contributed by atoms with Gasteiger partial charge in [0.05, 0.1) is 10.7 Å². The molecule has 66 valence electrons. The number of hydrogen-bond donors (Lipinski definition) is 2. The molecular formula is C9H6ClNO2. The SMILES string of the molecule is Nc1ccc(C#CC(=O)O)cc1Cl. The molecule has 13 heavy (non-hydrogen) atoms. The molecule has 3 N–H and O–H groups in total. The first kappa shape index (κ1) is 9.43. The Kier molecular flexibility index (Phi) is 2.78. The Morgan fingerprint density at radius 1 is 1.54 bits per heavy atom. The van der Waals surface area contributed by atoms with Crippen molar-refractivity contribution in [3.8, 4) is 11.8 Å². The number of nitrogens with two attached hydrogens (primary N) is 1. The van der Waals surface area contributed by atoms with E-state index in [0.717, 1.165) is 0 Å². The van der Waals surface area contributed by atoms with Crippen molar-refractivity contribution < 1.29 is 9.90 Å². The Labute approximate surface area is 80.1 Å². The van der Waals surface area contributed by atoms with Crippen LogP contribution in [0.25, 0.3) is 0 Å². The number of nitrogen functional groups attached to an aromatic ring is 1. The van der Waals surface area contributed by atoms with Crippen LogP contribution >= 0.6 is 11.6 Å². The summed E-state index contributed by atoms with van der Waals surface area (Å²) >= 11 is 5.69. The number of halogens is 1. The van der Waals surface area contributed by atoms with Crippen molar-refractivity contribution >= 4 is 23.3 Å². The molecule has 0 bridgehead atoms. The summed E-state index contributed by atoms with van der Waals surface area (Å²) in [7, 11) is 0. The van der Waals surface area contributed by atoms with Gasteiger partial charge in [0.15, 0.2) is 0 Å². The third-order valence-electron chi connectivity index (χ3n) is 1.31. The van der Waals surface area contributed by atoms with Crippen molar-refractivity contribution in [2.45, 2.75) is 0 Å². The van der Waals surface area contributed by atoms with Crippen LogP contribution in [0.3, 0.4) is 0 Å². The van der Waals surface area contributed by atoms with Crippen molar-refractivity contribution in [1.82, 2.24) is 0 Å². The molecule has 0 amide bonds. The van der Waals surface area contributed by atoms with E-state index < -0.39 is 5.97 Å². The van der Waals surface area contributed by atoms with Gasteiger partial charge in [0, 0.05) is 11.5 Å². The number of carboxylic acid groups (broad SMARTS) is 1. The molecule has 0 spiro atoms. The third-order valence-corrected chi connectivity index (χ3v) is 1.64. The molecule has 0 fully saturated rings. The fourth-order valence-electron chi connectivity index (χ4n) is 0.731. The topological polar surface area (TPSA) is 63.3 Å². The Morgan fingerprint density at radius 3 is 2.77 bits per heavy atom. The number of carbonyl (C=O) groups is 1. The normalized spacial score (nSPS) is 8.69. The van der Waals surface area contributed by atoms with Crippen LogP contribution in [0.1, 0.15) is 5.56 Å². The predicted molar refractivity (Wildman–Crippen MR) is 50.4 cm³/mol. The minimum atomic E-state index is -1.17. The molecule has 0 heterocycles. The first-order valence-electron chi connectivity index (χ1n) is 3.39. The van der Waals surface area contributed by atoms with Crippen LogP contribution in [0.15, 0.2) is 18.2 Å². The summed E-state index contributed by atoms with van der Waals surface area (Å²) in [6.45, 7) is 0. The molecular weight excluding hydrogens is 190 g/mol. The lowest BCUT2D eigenvalue weighted by atomic mass is 10.2. The molecule has 1 aromatic rings. The lowest BCUT2D eigenvalue weighted by Crippen LogP contribution is -1.89. The fourth-order valence-corrected chi connectivity index (χ4v) is 0.911. The number of aliphatic carboxylic acids is 1. The van der Waals surface area contributed by atoms with Gasteiger partial charge in [-0.1, -0.05) is 17.5 Å². The van der Waals surface area contributed by atoms with Gasteiger partial charge in [-0.2, -0.15) is 0 Å². The highest BCUT2D eigenvalue weighted by molar-refractivity contribution is 6.33. The zero-order chi connectivity index (χ0) is 9.84. The highest BCUT2D eigenvalue weighted by Gasteiger charge is 1.95. The van der Waals surface area contributed by atoms with E-state index in [1.54, 1.807) is 12.1 Å². The van der Waals surface area contributed by atoms with Crippen molar-refractivity contribution in [3.63, 3.8) is 0 Å². The molecule has 0 saturated heterocycles. The molecule has 1 aromatic carbocycles. The summed E-state index contributed by atoms with van der Waals surface area (Å²) in [5.41, 5.74) is 6.42. The monoisotopic (exact) mass is 195 g/mol. The molecule has 0 aliphatic rings. The first-order valence-corrected chi connectivity index (χ1v) is 3.77.